The van der Waals surface area contributed by atoms with Crippen LogP contribution >= 0.6 is 0 Å². The first kappa shape index (κ1) is 18.3. The Morgan fingerprint density at radius 3 is 2.78 bits per heavy atom. The van der Waals surface area contributed by atoms with E-state index in [1.165, 1.54) is 50.5 Å². The van der Waals surface area contributed by atoms with Crippen LogP contribution < -0.4 is 0 Å². The molecule has 0 unspecified atom stereocenters. The molecule has 0 aromatic carbocycles. The van der Waals surface area contributed by atoms with Gasteiger partial charge in [0.05, 0.1) is 12.5 Å². The monoisotopic (exact) mass is 313 g/mol. The molecule has 0 N–H and O–H groups in total. The van der Waals surface area contributed by atoms with Crippen LogP contribution in [0.5, 0.6) is 0 Å². The first-order valence-corrected chi connectivity index (χ1v) is 9.72. The van der Waals surface area contributed by atoms with Crippen molar-refractivity contribution in [2.45, 2.75) is 79.1 Å². The molecule has 0 heterocycles. The molecule has 0 amide bonds. The topological polar surface area (TPSA) is 23.8 Å². The fraction of sp³-hybridized carbons (Fsp3) is 0.773. The standard InChI is InChI=1S/C22H35N/c1-17(2)9-7-10-18(3)20-13-14-21-19(11-5-6-16-23)12-8-15-22(20,21)4/h5,11-12,17-18,20-21H,6-10,13-15H2,1-4H3/b11-5+/t18-,20-,21+,22-/m1/s1. The van der Waals surface area contributed by atoms with Crippen molar-refractivity contribution in [3.05, 3.63) is 23.8 Å². The Labute approximate surface area is 143 Å². The van der Waals surface area contributed by atoms with Crippen LogP contribution in [0.15, 0.2) is 23.8 Å². The third kappa shape index (κ3) is 4.28. The van der Waals surface area contributed by atoms with Gasteiger partial charge in [-0.3, -0.25) is 0 Å². The summed E-state index contributed by atoms with van der Waals surface area (Å²) in [5, 5.41) is 8.75. The molecule has 0 spiro atoms. The molecule has 1 fully saturated rings. The normalized spacial score (nSPS) is 31.9. The molecule has 2 aliphatic carbocycles. The maximum atomic E-state index is 8.75. The number of fused-ring (bicyclic) bond motifs is 1. The van der Waals surface area contributed by atoms with Gasteiger partial charge in [-0.2, -0.15) is 5.26 Å². The minimum Gasteiger partial charge on any atom is -0.198 e. The van der Waals surface area contributed by atoms with E-state index in [9.17, 15) is 0 Å². The molecule has 2 rings (SSSR count). The van der Waals surface area contributed by atoms with E-state index in [1.807, 2.05) is 0 Å². The van der Waals surface area contributed by atoms with Gasteiger partial charge in [0.2, 0.25) is 0 Å². The van der Waals surface area contributed by atoms with Crippen molar-refractivity contribution in [2.24, 2.45) is 29.1 Å². The Kier molecular flexibility index (Phi) is 6.51. The lowest BCUT2D eigenvalue weighted by atomic mass is 9.62. The van der Waals surface area contributed by atoms with E-state index < -0.39 is 0 Å². The van der Waals surface area contributed by atoms with E-state index in [0.717, 1.165) is 23.7 Å². The van der Waals surface area contributed by atoms with Crippen LogP contribution in [0.1, 0.15) is 79.1 Å². The summed E-state index contributed by atoms with van der Waals surface area (Å²) >= 11 is 0. The zero-order valence-electron chi connectivity index (χ0n) is 15.6. The summed E-state index contributed by atoms with van der Waals surface area (Å²) in [6.07, 6.45) is 16.7. The second-order valence-corrected chi connectivity index (χ2v) is 8.55. The van der Waals surface area contributed by atoms with Crippen LogP contribution in [0, 0.1) is 40.4 Å². The molecule has 2 aliphatic rings. The molecule has 0 bridgehead atoms. The van der Waals surface area contributed by atoms with Gasteiger partial charge >= 0.3 is 0 Å². The first-order chi connectivity index (χ1) is 11.0. The fourth-order valence-electron chi connectivity index (χ4n) is 5.28. The van der Waals surface area contributed by atoms with E-state index in [2.05, 4.69) is 52.0 Å². The molecular formula is C22H35N. The maximum Gasteiger partial charge on any atom is 0.0663 e. The predicted molar refractivity (Wildman–Crippen MR) is 98.9 cm³/mol. The lowest BCUT2D eigenvalue weighted by Crippen LogP contribution is -2.35. The number of allylic oxidation sites excluding steroid dienone is 4. The van der Waals surface area contributed by atoms with Crippen molar-refractivity contribution in [3.8, 4) is 6.07 Å². The number of nitriles is 1. The van der Waals surface area contributed by atoms with Crippen molar-refractivity contribution in [2.75, 3.05) is 0 Å². The highest BCUT2D eigenvalue weighted by Gasteiger charge is 2.49. The van der Waals surface area contributed by atoms with Gasteiger partial charge in [0, 0.05) is 0 Å². The van der Waals surface area contributed by atoms with Crippen LogP contribution in [0.25, 0.3) is 0 Å². The molecule has 0 aromatic rings. The minimum absolute atomic E-state index is 0.484. The summed E-state index contributed by atoms with van der Waals surface area (Å²) in [6, 6.07) is 2.22. The summed E-state index contributed by atoms with van der Waals surface area (Å²) in [5.74, 6) is 3.30. The molecule has 0 aromatic heterocycles. The molecule has 0 radical (unpaired) electrons. The third-order valence-electron chi connectivity index (χ3n) is 6.52. The van der Waals surface area contributed by atoms with Crippen molar-refractivity contribution < 1.29 is 0 Å². The second kappa shape index (κ2) is 8.18. The van der Waals surface area contributed by atoms with E-state index in [-0.39, 0.29) is 0 Å². The van der Waals surface area contributed by atoms with Gasteiger partial charge in [-0.05, 0) is 60.3 Å². The first-order valence-electron chi connectivity index (χ1n) is 9.72. The second-order valence-electron chi connectivity index (χ2n) is 8.55. The van der Waals surface area contributed by atoms with Gasteiger partial charge < -0.3 is 0 Å². The summed E-state index contributed by atoms with van der Waals surface area (Å²) in [4.78, 5) is 0. The summed E-state index contributed by atoms with van der Waals surface area (Å²) in [7, 11) is 0. The average Bonchev–Trinajstić information content (AvgIpc) is 2.85. The zero-order chi connectivity index (χ0) is 16.9. The molecule has 0 aliphatic heterocycles. The Bertz CT molecular complexity index is 479. The number of hydrogen-bond acceptors (Lipinski definition) is 1. The highest BCUT2D eigenvalue weighted by molar-refractivity contribution is 5.29. The van der Waals surface area contributed by atoms with Crippen LogP contribution in [-0.4, -0.2) is 0 Å². The highest BCUT2D eigenvalue weighted by Crippen LogP contribution is 2.58. The molecule has 1 saturated carbocycles. The highest BCUT2D eigenvalue weighted by atomic mass is 14.5. The molecule has 23 heavy (non-hydrogen) atoms. The van der Waals surface area contributed by atoms with Crippen molar-refractivity contribution in [1.29, 1.82) is 5.26 Å². The van der Waals surface area contributed by atoms with E-state index in [1.54, 1.807) is 0 Å². The van der Waals surface area contributed by atoms with Gasteiger partial charge in [-0.25, -0.2) is 0 Å². The Morgan fingerprint density at radius 1 is 1.30 bits per heavy atom. The lowest BCUT2D eigenvalue weighted by molar-refractivity contribution is 0.107. The Hall–Kier alpha value is -1.03. The van der Waals surface area contributed by atoms with Crippen LogP contribution in [-0.2, 0) is 0 Å². The van der Waals surface area contributed by atoms with E-state index in [0.29, 0.717) is 11.8 Å². The number of hydrogen-bond donors (Lipinski definition) is 0. The van der Waals surface area contributed by atoms with Crippen molar-refractivity contribution in [3.63, 3.8) is 0 Å². The molecule has 0 saturated heterocycles. The summed E-state index contributed by atoms with van der Waals surface area (Å²) in [6.45, 7) is 9.73. The summed E-state index contributed by atoms with van der Waals surface area (Å²) < 4.78 is 0. The van der Waals surface area contributed by atoms with Gasteiger partial charge in [-0.1, -0.05) is 65.2 Å². The third-order valence-corrected chi connectivity index (χ3v) is 6.52. The largest absolute Gasteiger partial charge is 0.198 e. The van der Waals surface area contributed by atoms with Crippen LogP contribution in [0.4, 0.5) is 0 Å². The van der Waals surface area contributed by atoms with E-state index in [4.69, 9.17) is 5.26 Å². The Balaban J connectivity index is 2.01. The quantitative estimate of drug-likeness (QED) is 0.515. The molecular weight excluding hydrogens is 278 g/mol. The minimum atomic E-state index is 0.484. The van der Waals surface area contributed by atoms with Gasteiger partial charge in [0.1, 0.15) is 0 Å². The van der Waals surface area contributed by atoms with Crippen molar-refractivity contribution in [1.82, 2.24) is 0 Å². The van der Waals surface area contributed by atoms with Crippen LogP contribution in [0.3, 0.4) is 0 Å². The number of nitrogens with zero attached hydrogens (tertiary/aromatic N) is 1. The molecule has 1 nitrogen and oxygen atoms in total. The Morgan fingerprint density at radius 2 is 2.09 bits per heavy atom. The lowest BCUT2D eigenvalue weighted by Gasteiger charge is -2.43. The van der Waals surface area contributed by atoms with Crippen molar-refractivity contribution >= 4 is 0 Å². The van der Waals surface area contributed by atoms with Gasteiger partial charge in [-0.15, -0.1) is 0 Å². The molecule has 1 heteroatoms. The average molecular weight is 314 g/mol. The zero-order valence-corrected chi connectivity index (χ0v) is 15.6. The molecule has 4 atom stereocenters. The van der Waals surface area contributed by atoms with E-state index >= 15 is 0 Å². The SMILES string of the molecule is CC(C)CCC[C@@H](C)[C@H]1CC[C@H]2C(/C=C/CC#N)=CCC[C@]12C. The summed E-state index contributed by atoms with van der Waals surface area (Å²) in [5.41, 5.74) is 2.00. The molecule has 128 valence electrons. The number of rotatable bonds is 7. The van der Waals surface area contributed by atoms with Gasteiger partial charge in [0.15, 0.2) is 0 Å². The smallest absolute Gasteiger partial charge is 0.0663 e. The maximum absolute atomic E-state index is 8.75. The van der Waals surface area contributed by atoms with Gasteiger partial charge in [0.25, 0.3) is 0 Å². The fourth-order valence-corrected chi connectivity index (χ4v) is 5.28. The predicted octanol–water partition coefficient (Wildman–Crippen LogP) is 6.67. The van der Waals surface area contributed by atoms with Crippen LogP contribution in [0.2, 0.25) is 0 Å².